The second-order valence-electron chi connectivity index (χ2n) is 3.94. The minimum Gasteiger partial charge on any atom is -0.335 e. The molecule has 1 aliphatic rings. The lowest BCUT2D eigenvalue weighted by Gasteiger charge is -2.34. The summed E-state index contributed by atoms with van der Waals surface area (Å²) in [6, 6.07) is 2.35. The van der Waals surface area contributed by atoms with Crippen molar-refractivity contribution in [2.75, 3.05) is 11.9 Å². The third kappa shape index (κ3) is 2.79. The third-order valence-electron chi connectivity index (χ3n) is 2.88. The maximum atomic E-state index is 12.3. The number of carbonyl (C=O) groups excluding carboxylic acids is 1. The zero-order valence-electron chi connectivity index (χ0n) is 8.79. The van der Waals surface area contributed by atoms with Crippen LogP contribution >= 0.6 is 49.9 Å². The predicted molar refractivity (Wildman–Crippen MR) is 79.5 cm³/mol. The number of thiophene rings is 1. The molecule has 0 saturated carbocycles. The Labute approximate surface area is 122 Å². The SMILES string of the molecule is O=C(c1csc(I)c1)N1CCCCC1CBr. The second kappa shape index (κ2) is 5.82. The van der Waals surface area contributed by atoms with Gasteiger partial charge in [0.15, 0.2) is 0 Å². The second-order valence-corrected chi connectivity index (χ2v) is 7.39. The molecule has 2 nitrogen and oxygen atoms in total. The Morgan fingerprint density at radius 1 is 1.62 bits per heavy atom. The molecule has 1 unspecified atom stereocenters. The van der Waals surface area contributed by atoms with E-state index < -0.39 is 0 Å². The summed E-state index contributed by atoms with van der Waals surface area (Å²) in [5, 5.41) is 2.85. The number of carbonyl (C=O) groups is 1. The van der Waals surface area contributed by atoms with Crippen LogP contribution in [-0.4, -0.2) is 28.7 Å². The van der Waals surface area contributed by atoms with Crippen LogP contribution in [0.15, 0.2) is 11.4 Å². The fourth-order valence-corrected chi connectivity index (χ4v) is 4.01. The summed E-state index contributed by atoms with van der Waals surface area (Å²) in [5.41, 5.74) is 0.849. The van der Waals surface area contributed by atoms with Gasteiger partial charge in [-0.2, -0.15) is 0 Å². The number of halogens is 2. The fraction of sp³-hybridized carbons (Fsp3) is 0.545. The van der Waals surface area contributed by atoms with E-state index in [9.17, 15) is 4.79 Å². The maximum absolute atomic E-state index is 12.3. The van der Waals surface area contributed by atoms with Crippen molar-refractivity contribution in [1.29, 1.82) is 0 Å². The largest absolute Gasteiger partial charge is 0.335 e. The molecule has 5 heteroatoms. The van der Waals surface area contributed by atoms with Crippen molar-refractivity contribution in [2.24, 2.45) is 0 Å². The minimum absolute atomic E-state index is 0.198. The number of hydrogen-bond donors (Lipinski definition) is 0. The molecule has 0 aliphatic carbocycles. The first kappa shape index (κ1) is 12.8. The van der Waals surface area contributed by atoms with E-state index in [1.165, 1.54) is 9.30 Å². The molecule has 1 aliphatic heterocycles. The normalized spacial score (nSPS) is 21.1. The first-order valence-electron chi connectivity index (χ1n) is 5.33. The highest BCUT2D eigenvalue weighted by atomic mass is 127. The summed E-state index contributed by atoms with van der Waals surface area (Å²) in [6.07, 6.45) is 3.50. The zero-order chi connectivity index (χ0) is 11.5. The van der Waals surface area contributed by atoms with Crippen molar-refractivity contribution in [1.82, 2.24) is 4.90 Å². The van der Waals surface area contributed by atoms with Gasteiger partial charge in [0.25, 0.3) is 5.91 Å². The smallest absolute Gasteiger partial charge is 0.255 e. The van der Waals surface area contributed by atoms with Crippen LogP contribution < -0.4 is 0 Å². The fourth-order valence-electron chi connectivity index (χ4n) is 2.02. The molecule has 1 aromatic rings. The van der Waals surface area contributed by atoms with E-state index in [2.05, 4.69) is 38.5 Å². The molecule has 1 atom stereocenters. The van der Waals surface area contributed by atoms with Crippen LogP contribution in [0.1, 0.15) is 29.6 Å². The molecule has 0 aromatic carbocycles. The first-order valence-corrected chi connectivity index (χ1v) is 8.41. The van der Waals surface area contributed by atoms with Gasteiger partial charge in [0, 0.05) is 23.3 Å². The van der Waals surface area contributed by atoms with Crippen LogP contribution in [0.25, 0.3) is 0 Å². The lowest BCUT2D eigenvalue weighted by Crippen LogP contribution is -2.44. The number of amides is 1. The highest BCUT2D eigenvalue weighted by Gasteiger charge is 2.26. The molecule has 0 bridgehead atoms. The van der Waals surface area contributed by atoms with E-state index in [0.717, 1.165) is 30.3 Å². The Bertz CT molecular complexity index is 382. The standard InChI is InChI=1S/C11H13BrINOS/c12-6-9-3-1-2-4-14(9)11(15)8-5-10(13)16-7-8/h5,7,9H,1-4,6H2. The van der Waals surface area contributed by atoms with Gasteiger partial charge >= 0.3 is 0 Å². The molecule has 0 radical (unpaired) electrons. The highest BCUT2D eigenvalue weighted by Crippen LogP contribution is 2.23. The number of piperidine rings is 1. The zero-order valence-corrected chi connectivity index (χ0v) is 13.3. The van der Waals surface area contributed by atoms with Crippen LogP contribution in [0.3, 0.4) is 0 Å². The topological polar surface area (TPSA) is 20.3 Å². The molecular formula is C11H13BrINOS. The van der Waals surface area contributed by atoms with Crippen molar-refractivity contribution in [3.05, 3.63) is 19.9 Å². The van der Waals surface area contributed by atoms with Crippen molar-refractivity contribution >= 4 is 55.8 Å². The molecule has 1 amide bonds. The van der Waals surface area contributed by atoms with E-state index in [1.807, 2.05) is 16.3 Å². The van der Waals surface area contributed by atoms with E-state index in [4.69, 9.17) is 0 Å². The van der Waals surface area contributed by atoms with Gasteiger partial charge in [0.05, 0.1) is 8.45 Å². The van der Waals surface area contributed by atoms with E-state index in [1.54, 1.807) is 11.3 Å². The first-order chi connectivity index (χ1) is 7.72. The van der Waals surface area contributed by atoms with Crippen LogP contribution in [0.2, 0.25) is 0 Å². The Morgan fingerprint density at radius 3 is 3.06 bits per heavy atom. The highest BCUT2D eigenvalue weighted by molar-refractivity contribution is 14.1. The van der Waals surface area contributed by atoms with Crippen molar-refractivity contribution < 1.29 is 4.79 Å². The summed E-state index contributed by atoms with van der Waals surface area (Å²) in [6.45, 7) is 0.904. The van der Waals surface area contributed by atoms with E-state index >= 15 is 0 Å². The van der Waals surface area contributed by atoms with Crippen LogP contribution in [0.4, 0.5) is 0 Å². The molecule has 0 N–H and O–H groups in total. The quantitative estimate of drug-likeness (QED) is 0.534. The third-order valence-corrected chi connectivity index (χ3v) is 5.42. The van der Waals surface area contributed by atoms with E-state index in [0.29, 0.717) is 6.04 Å². The Hall–Kier alpha value is 0.380. The molecular weight excluding hydrogens is 401 g/mol. The number of rotatable bonds is 2. The number of alkyl halides is 1. The molecule has 1 aromatic heterocycles. The Morgan fingerprint density at radius 2 is 2.44 bits per heavy atom. The van der Waals surface area contributed by atoms with Gasteiger partial charge in [-0.3, -0.25) is 4.79 Å². The average Bonchev–Trinajstić information content (AvgIpc) is 2.75. The monoisotopic (exact) mass is 413 g/mol. The number of nitrogens with zero attached hydrogens (tertiary/aromatic N) is 1. The lowest BCUT2D eigenvalue weighted by atomic mass is 10.0. The van der Waals surface area contributed by atoms with Gasteiger partial charge in [-0.1, -0.05) is 15.9 Å². The maximum Gasteiger partial charge on any atom is 0.255 e. The van der Waals surface area contributed by atoms with Crippen molar-refractivity contribution in [3.8, 4) is 0 Å². The molecule has 1 fully saturated rings. The Kier molecular flexibility index (Phi) is 4.66. The van der Waals surface area contributed by atoms with Crippen molar-refractivity contribution in [3.63, 3.8) is 0 Å². The summed E-state index contributed by atoms with van der Waals surface area (Å²) in [4.78, 5) is 14.3. The van der Waals surface area contributed by atoms with Gasteiger partial charge in [-0.05, 0) is 47.9 Å². The lowest BCUT2D eigenvalue weighted by molar-refractivity contribution is 0.0642. The summed E-state index contributed by atoms with van der Waals surface area (Å²) in [7, 11) is 0. The molecule has 2 heterocycles. The number of hydrogen-bond acceptors (Lipinski definition) is 2. The molecule has 16 heavy (non-hydrogen) atoms. The summed E-state index contributed by atoms with van der Waals surface area (Å²) >= 11 is 7.40. The van der Waals surface area contributed by atoms with Gasteiger partial charge in [0.1, 0.15) is 0 Å². The molecule has 2 rings (SSSR count). The van der Waals surface area contributed by atoms with Crippen LogP contribution in [0, 0.1) is 2.88 Å². The van der Waals surface area contributed by atoms with Crippen LogP contribution in [0.5, 0.6) is 0 Å². The van der Waals surface area contributed by atoms with Gasteiger partial charge < -0.3 is 4.90 Å². The number of likely N-dealkylation sites (tertiary alicyclic amines) is 1. The molecule has 0 spiro atoms. The van der Waals surface area contributed by atoms with Gasteiger partial charge in [0.2, 0.25) is 0 Å². The molecule has 1 saturated heterocycles. The van der Waals surface area contributed by atoms with Gasteiger partial charge in [-0.25, -0.2) is 0 Å². The predicted octanol–water partition coefficient (Wildman–Crippen LogP) is 3.74. The molecule has 88 valence electrons. The Balaban J connectivity index is 2.13. The van der Waals surface area contributed by atoms with Gasteiger partial charge in [-0.15, -0.1) is 11.3 Å². The van der Waals surface area contributed by atoms with E-state index in [-0.39, 0.29) is 5.91 Å². The summed E-state index contributed by atoms with van der Waals surface area (Å²) < 4.78 is 1.17. The van der Waals surface area contributed by atoms with Crippen molar-refractivity contribution in [2.45, 2.75) is 25.3 Å². The van der Waals surface area contributed by atoms with Crippen LogP contribution in [-0.2, 0) is 0 Å². The average molecular weight is 414 g/mol. The summed E-state index contributed by atoms with van der Waals surface area (Å²) in [5.74, 6) is 0.198. The minimum atomic E-state index is 0.198.